The van der Waals surface area contributed by atoms with Crippen molar-refractivity contribution in [2.75, 3.05) is 6.54 Å². The maximum atomic E-state index is 12.3. The lowest BCUT2D eigenvalue weighted by atomic mass is 10.2. The van der Waals surface area contributed by atoms with Crippen molar-refractivity contribution < 1.29 is 23.9 Å². The summed E-state index contributed by atoms with van der Waals surface area (Å²) in [5.74, 6) is -2.45. The van der Waals surface area contributed by atoms with Crippen LogP contribution in [0.15, 0.2) is 57.2 Å². The molecule has 0 saturated heterocycles. The summed E-state index contributed by atoms with van der Waals surface area (Å²) >= 11 is 3.31. The van der Waals surface area contributed by atoms with Crippen LogP contribution in [-0.4, -0.2) is 24.3 Å². The third-order valence-corrected chi connectivity index (χ3v) is 3.56. The van der Waals surface area contributed by atoms with Gasteiger partial charge < -0.3 is 25.0 Å². The monoisotopic (exact) mass is 405 g/mol. The quantitative estimate of drug-likeness (QED) is 0.669. The van der Waals surface area contributed by atoms with Crippen LogP contribution in [0.1, 0.15) is 22.5 Å². The molecule has 0 aliphatic heterocycles. The van der Waals surface area contributed by atoms with E-state index in [2.05, 4.69) is 26.6 Å². The van der Waals surface area contributed by atoms with Crippen LogP contribution in [0.5, 0.6) is 0 Å². The van der Waals surface area contributed by atoms with Crippen LogP contribution in [0.4, 0.5) is 0 Å². The normalized spacial score (nSPS) is 11.0. The molecule has 0 aliphatic rings. The third kappa shape index (κ3) is 5.92. The molecule has 0 aliphatic carbocycles. The molecule has 2 N–H and O–H groups in total. The molecule has 0 fully saturated rings. The zero-order chi connectivity index (χ0) is 18.2. The van der Waals surface area contributed by atoms with E-state index in [1.807, 2.05) is 0 Å². The van der Waals surface area contributed by atoms with E-state index in [1.165, 1.54) is 18.4 Å². The van der Waals surface area contributed by atoms with E-state index in [9.17, 15) is 19.5 Å². The van der Waals surface area contributed by atoms with Crippen molar-refractivity contribution in [2.24, 2.45) is 0 Å². The standard InChI is InChI=1S/C17H15BrN2O5/c18-12-5-3-11(4-6-12)10-13(16(23)19-8-7-15(21)22)20-17(24)14-2-1-9-25-14/h1-6,9-10H,7-8H2,(H,19,23)(H,20,24)(H,21,22)/p-1/b13-10-. The molecular weight excluding hydrogens is 392 g/mol. The molecule has 0 bridgehead atoms. The number of carboxylic acid groups (broad SMARTS) is 1. The van der Waals surface area contributed by atoms with Crippen LogP contribution in [0.3, 0.4) is 0 Å². The Morgan fingerprint density at radius 3 is 2.48 bits per heavy atom. The molecule has 0 radical (unpaired) electrons. The number of rotatable bonds is 7. The molecule has 8 heteroatoms. The highest BCUT2D eigenvalue weighted by Crippen LogP contribution is 2.13. The molecular formula is C17H14BrN2O5-. The Morgan fingerprint density at radius 1 is 1.16 bits per heavy atom. The number of furan rings is 1. The summed E-state index contributed by atoms with van der Waals surface area (Å²) in [5, 5.41) is 15.3. The van der Waals surface area contributed by atoms with Gasteiger partial charge in [0, 0.05) is 23.4 Å². The van der Waals surface area contributed by atoms with Gasteiger partial charge in [0.15, 0.2) is 5.76 Å². The number of amides is 2. The summed E-state index contributed by atoms with van der Waals surface area (Å²) in [5.41, 5.74) is 0.634. The zero-order valence-electron chi connectivity index (χ0n) is 13.0. The molecule has 1 aromatic heterocycles. The maximum Gasteiger partial charge on any atom is 0.291 e. The molecule has 0 atom stereocenters. The summed E-state index contributed by atoms with van der Waals surface area (Å²) in [6.07, 6.45) is 2.48. The predicted octanol–water partition coefficient (Wildman–Crippen LogP) is 1.07. The number of halogens is 1. The molecule has 7 nitrogen and oxygen atoms in total. The van der Waals surface area contributed by atoms with E-state index in [0.717, 1.165) is 4.47 Å². The fourth-order valence-electron chi connectivity index (χ4n) is 1.85. The van der Waals surface area contributed by atoms with Crippen molar-refractivity contribution in [1.29, 1.82) is 0 Å². The van der Waals surface area contributed by atoms with E-state index in [0.29, 0.717) is 5.56 Å². The van der Waals surface area contributed by atoms with Gasteiger partial charge in [-0.25, -0.2) is 0 Å². The van der Waals surface area contributed by atoms with Gasteiger partial charge in [0.2, 0.25) is 0 Å². The first-order chi connectivity index (χ1) is 12.0. The van der Waals surface area contributed by atoms with E-state index < -0.39 is 17.8 Å². The van der Waals surface area contributed by atoms with Crippen LogP contribution in [0, 0.1) is 0 Å². The molecule has 0 saturated carbocycles. The minimum absolute atomic E-state index is 0.0397. The smallest absolute Gasteiger partial charge is 0.291 e. The number of carboxylic acids is 1. The SMILES string of the molecule is O=C([O-])CCNC(=O)/C(=C/c1ccc(Br)cc1)NC(=O)c1ccco1. The van der Waals surface area contributed by atoms with Crippen LogP contribution in [0.2, 0.25) is 0 Å². The van der Waals surface area contributed by atoms with Crippen molar-refractivity contribution >= 4 is 39.8 Å². The Hall–Kier alpha value is -2.87. The topological polar surface area (TPSA) is 111 Å². The average Bonchev–Trinajstić information content (AvgIpc) is 3.10. The second kappa shape index (κ2) is 8.84. The number of carbonyl (C=O) groups is 3. The zero-order valence-corrected chi connectivity index (χ0v) is 14.5. The van der Waals surface area contributed by atoms with Gasteiger partial charge in [0.05, 0.1) is 6.26 Å². The van der Waals surface area contributed by atoms with E-state index in [4.69, 9.17) is 4.42 Å². The molecule has 0 unspecified atom stereocenters. The van der Waals surface area contributed by atoms with Gasteiger partial charge >= 0.3 is 0 Å². The molecule has 2 aromatic rings. The molecule has 1 heterocycles. The van der Waals surface area contributed by atoms with E-state index in [-0.39, 0.29) is 24.4 Å². The highest BCUT2D eigenvalue weighted by atomic mass is 79.9. The fourth-order valence-corrected chi connectivity index (χ4v) is 2.11. The number of carbonyl (C=O) groups excluding carboxylic acids is 3. The van der Waals surface area contributed by atoms with Crippen molar-refractivity contribution in [3.8, 4) is 0 Å². The largest absolute Gasteiger partial charge is 0.550 e. The number of aliphatic carboxylic acids is 1. The Kier molecular flexibility index (Phi) is 6.53. The first kappa shape index (κ1) is 18.5. The summed E-state index contributed by atoms with van der Waals surface area (Å²) in [6, 6.07) is 10.1. The highest BCUT2D eigenvalue weighted by Gasteiger charge is 2.16. The molecule has 25 heavy (non-hydrogen) atoms. The van der Waals surface area contributed by atoms with E-state index in [1.54, 1.807) is 30.3 Å². The van der Waals surface area contributed by atoms with Crippen LogP contribution in [-0.2, 0) is 9.59 Å². The Bertz CT molecular complexity index is 782. The van der Waals surface area contributed by atoms with Crippen molar-refractivity contribution in [3.05, 3.63) is 64.2 Å². The van der Waals surface area contributed by atoms with Crippen molar-refractivity contribution in [3.63, 3.8) is 0 Å². The Morgan fingerprint density at radius 2 is 1.88 bits per heavy atom. The molecule has 130 valence electrons. The summed E-state index contributed by atoms with van der Waals surface area (Å²) < 4.78 is 5.86. The molecule has 1 aromatic carbocycles. The second-order valence-corrected chi connectivity index (χ2v) is 5.83. The number of hydrogen-bond donors (Lipinski definition) is 2. The minimum atomic E-state index is -1.28. The first-order valence-electron chi connectivity index (χ1n) is 7.26. The van der Waals surface area contributed by atoms with Crippen LogP contribution < -0.4 is 15.7 Å². The summed E-state index contributed by atoms with van der Waals surface area (Å²) in [4.78, 5) is 34.8. The lowest BCUT2D eigenvalue weighted by molar-refractivity contribution is -0.305. The lowest BCUT2D eigenvalue weighted by Crippen LogP contribution is -2.37. The van der Waals surface area contributed by atoms with Crippen molar-refractivity contribution in [2.45, 2.75) is 6.42 Å². The third-order valence-electron chi connectivity index (χ3n) is 3.03. The Balaban J connectivity index is 2.17. The van der Waals surface area contributed by atoms with Gasteiger partial charge in [-0.3, -0.25) is 9.59 Å². The van der Waals surface area contributed by atoms with Crippen LogP contribution in [0.25, 0.3) is 6.08 Å². The van der Waals surface area contributed by atoms with Crippen molar-refractivity contribution in [1.82, 2.24) is 10.6 Å². The van der Waals surface area contributed by atoms with Gasteiger partial charge in [-0.2, -0.15) is 0 Å². The summed E-state index contributed by atoms with van der Waals surface area (Å²) in [6.45, 7) is -0.116. The molecule has 2 amide bonds. The minimum Gasteiger partial charge on any atom is -0.550 e. The maximum absolute atomic E-state index is 12.3. The molecule has 2 rings (SSSR count). The highest BCUT2D eigenvalue weighted by molar-refractivity contribution is 9.10. The number of hydrogen-bond acceptors (Lipinski definition) is 5. The number of nitrogens with one attached hydrogen (secondary N) is 2. The lowest BCUT2D eigenvalue weighted by Gasteiger charge is -2.10. The summed E-state index contributed by atoms with van der Waals surface area (Å²) in [7, 11) is 0. The van der Waals surface area contributed by atoms with Gasteiger partial charge in [-0.15, -0.1) is 0 Å². The van der Waals surface area contributed by atoms with Gasteiger partial charge in [0.1, 0.15) is 5.70 Å². The fraction of sp³-hybridized carbons (Fsp3) is 0.118. The average molecular weight is 406 g/mol. The van der Waals surface area contributed by atoms with Gasteiger partial charge in [0.25, 0.3) is 11.8 Å². The number of benzene rings is 1. The molecule has 0 spiro atoms. The van der Waals surface area contributed by atoms with Crippen LogP contribution >= 0.6 is 15.9 Å². The predicted molar refractivity (Wildman–Crippen MR) is 90.9 cm³/mol. The Labute approximate surface area is 151 Å². The second-order valence-electron chi connectivity index (χ2n) is 4.92. The first-order valence-corrected chi connectivity index (χ1v) is 8.05. The van der Waals surface area contributed by atoms with Gasteiger partial charge in [-0.1, -0.05) is 28.1 Å². The van der Waals surface area contributed by atoms with E-state index >= 15 is 0 Å². The van der Waals surface area contributed by atoms with Gasteiger partial charge in [-0.05, 0) is 35.9 Å².